The lowest BCUT2D eigenvalue weighted by Gasteiger charge is -2.36. The van der Waals surface area contributed by atoms with Crippen molar-refractivity contribution in [2.45, 2.75) is 18.9 Å². The van der Waals surface area contributed by atoms with Crippen LogP contribution in [0.25, 0.3) is 0 Å². The molecule has 1 saturated carbocycles. The van der Waals surface area contributed by atoms with Gasteiger partial charge in [-0.05, 0) is 37.1 Å². The van der Waals surface area contributed by atoms with E-state index in [9.17, 15) is 4.79 Å². The number of hydrogen-bond donors (Lipinski definition) is 1. The zero-order valence-corrected chi connectivity index (χ0v) is 13.7. The Balaban J connectivity index is 1.39. The summed E-state index contributed by atoms with van der Waals surface area (Å²) < 4.78 is 0. The molecule has 4 rings (SSSR count). The summed E-state index contributed by atoms with van der Waals surface area (Å²) in [6.45, 7) is 3.18. The van der Waals surface area contributed by atoms with Crippen molar-refractivity contribution in [3.63, 3.8) is 0 Å². The molecule has 124 valence electrons. The third-order valence-corrected chi connectivity index (χ3v) is 4.59. The second kappa shape index (κ2) is 6.51. The highest BCUT2D eigenvalue weighted by Crippen LogP contribution is 2.24. The first-order chi connectivity index (χ1) is 11.8. The number of benzene rings is 1. The fraction of sp³-hybridized carbons (Fsp3) is 0.368. The largest absolute Gasteiger partial charge is 0.368 e. The van der Waals surface area contributed by atoms with Gasteiger partial charge in [0.05, 0.1) is 0 Å². The molecule has 0 atom stereocenters. The van der Waals surface area contributed by atoms with Gasteiger partial charge in [0.1, 0.15) is 11.5 Å². The van der Waals surface area contributed by atoms with Crippen molar-refractivity contribution >= 4 is 17.4 Å². The Morgan fingerprint density at radius 1 is 0.958 bits per heavy atom. The van der Waals surface area contributed by atoms with Gasteiger partial charge in [0.2, 0.25) is 0 Å². The molecule has 2 aromatic rings. The first kappa shape index (κ1) is 15.0. The number of rotatable bonds is 4. The predicted molar refractivity (Wildman–Crippen MR) is 95.4 cm³/mol. The minimum Gasteiger partial charge on any atom is -0.368 e. The van der Waals surface area contributed by atoms with E-state index in [1.807, 2.05) is 29.2 Å². The summed E-state index contributed by atoms with van der Waals surface area (Å²) in [5.74, 6) is 0.841. The maximum absolute atomic E-state index is 12.7. The summed E-state index contributed by atoms with van der Waals surface area (Å²) in [6.07, 6.45) is 2.39. The van der Waals surface area contributed by atoms with Crippen molar-refractivity contribution in [3.8, 4) is 0 Å². The van der Waals surface area contributed by atoms with Crippen molar-refractivity contribution in [2.24, 2.45) is 0 Å². The number of nitrogens with zero attached hydrogens (tertiary/aromatic N) is 3. The van der Waals surface area contributed by atoms with Crippen molar-refractivity contribution in [3.05, 3.63) is 54.2 Å². The Hall–Kier alpha value is -2.56. The van der Waals surface area contributed by atoms with Crippen LogP contribution in [0, 0.1) is 0 Å². The molecule has 24 heavy (non-hydrogen) atoms. The van der Waals surface area contributed by atoms with Gasteiger partial charge in [-0.15, -0.1) is 0 Å². The van der Waals surface area contributed by atoms with Crippen LogP contribution >= 0.6 is 0 Å². The smallest absolute Gasteiger partial charge is 0.272 e. The average Bonchev–Trinajstić information content (AvgIpc) is 3.46. The van der Waals surface area contributed by atoms with E-state index in [1.54, 1.807) is 0 Å². The van der Waals surface area contributed by atoms with Gasteiger partial charge in [0, 0.05) is 37.9 Å². The highest BCUT2D eigenvalue weighted by atomic mass is 16.2. The van der Waals surface area contributed by atoms with Crippen LogP contribution in [0.15, 0.2) is 48.5 Å². The molecule has 1 saturated heterocycles. The Labute approximate surface area is 142 Å². The molecular weight excluding hydrogens is 300 g/mol. The quantitative estimate of drug-likeness (QED) is 0.940. The van der Waals surface area contributed by atoms with Crippen LogP contribution in [0.2, 0.25) is 0 Å². The van der Waals surface area contributed by atoms with E-state index in [1.165, 1.54) is 18.5 Å². The zero-order valence-electron chi connectivity index (χ0n) is 13.7. The Morgan fingerprint density at radius 2 is 1.71 bits per heavy atom. The number of hydrogen-bond acceptors (Lipinski definition) is 4. The second-order valence-corrected chi connectivity index (χ2v) is 6.44. The summed E-state index contributed by atoms with van der Waals surface area (Å²) >= 11 is 0. The normalized spacial score (nSPS) is 17.7. The van der Waals surface area contributed by atoms with Gasteiger partial charge in [0.15, 0.2) is 0 Å². The van der Waals surface area contributed by atoms with E-state index in [0.717, 1.165) is 32.0 Å². The number of carbonyl (C=O) groups is 1. The highest BCUT2D eigenvalue weighted by Gasteiger charge is 2.24. The molecule has 1 aliphatic carbocycles. The van der Waals surface area contributed by atoms with E-state index >= 15 is 0 Å². The van der Waals surface area contributed by atoms with Crippen molar-refractivity contribution < 1.29 is 4.79 Å². The molecule has 1 amide bonds. The van der Waals surface area contributed by atoms with E-state index in [-0.39, 0.29) is 5.91 Å². The van der Waals surface area contributed by atoms with Gasteiger partial charge in [-0.2, -0.15) is 0 Å². The molecule has 2 heterocycles. The summed E-state index contributed by atoms with van der Waals surface area (Å²) in [4.78, 5) is 21.4. The van der Waals surface area contributed by atoms with Gasteiger partial charge >= 0.3 is 0 Å². The molecule has 5 nitrogen and oxygen atoms in total. The summed E-state index contributed by atoms with van der Waals surface area (Å²) in [6, 6.07) is 16.6. The van der Waals surface area contributed by atoms with Crippen LogP contribution in [-0.4, -0.2) is 48.0 Å². The molecule has 0 radical (unpaired) electrons. The molecule has 5 heteroatoms. The van der Waals surface area contributed by atoms with E-state index in [2.05, 4.69) is 39.5 Å². The third kappa shape index (κ3) is 3.35. The average molecular weight is 322 g/mol. The first-order valence-electron chi connectivity index (χ1n) is 8.62. The molecule has 1 N–H and O–H groups in total. The number of pyridine rings is 1. The van der Waals surface area contributed by atoms with Gasteiger partial charge < -0.3 is 15.1 Å². The van der Waals surface area contributed by atoms with E-state index < -0.39 is 0 Å². The van der Waals surface area contributed by atoms with Crippen molar-refractivity contribution in [1.29, 1.82) is 0 Å². The Kier molecular flexibility index (Phi) is 4.07. The van der Waals surface area contributed by atoms with Crippen molar-refractivity contribution in [2.75, 3.05) is 36.4 Å². The Morgan fingerprint density at radius 3 is 2.42 bits per heavy atom. The number of aromatic nitrogens is 1. The monoisotopic (exact) mass is 322 g/mol. The maximum atomic E-state index is 12.7. The standard InChI is InChI=1S/C19H22N4O/c24-19(17-7-4-8-18(21-17)20-15-9-10-15)23-13-11-22(12-14-23)16-5-2-1-3-6-16/h1-8,15H,9-14H2,(H,20,21). The van der Waals surface area contributed by atoms with E-state index in [4.69, 9.17) is 0 Å². The van der Waals surface area contributed by atoms with Crippen LogP contribution in [-0.2, 0) is 0 Å². The molecule has 0 spiro atoms. The van der Waals surface area contributed by atoms with E-state index in [0.29, 0.717) is 11.7 Å². The van der Waals surface area contributed by atoms with Gasteiger partial charge in [-0.1, -0.05) is 24.3 Å². The molecule has 0 bridgehead atoms. The SMILES string of the molecule is O=C(c1cccc(NC2CC2)n1)N1CCN(c2ccccc2)CC1. The topological polar surface area (TPSA) is 48.5 Å². The number of nitrogens with one attached hydrogen (secondary N) is 1. The molecule has 1 aliphatic heterocycles. The van der Waals surface area contributed by atoms with Crippen LogP contribution < -0.4 is 10.2 Å². The molecule has 0 unspecified atom stereocenters. The second-order valence-electron chi connectivity index (χ2n) is 6.44. The van der Waals surface area contributed by atoms with Crippen molar-refractivity contribution in [1.82, 2.24) is 9.88 Å². The molecule has 1 aromatic heterocycles. The number of anilines is 2. The van der Waals surface area contributed by atoms with Gasteiger partial charge in [-0.3, -0.25) is 4.79 Å². The molecular formula is C19H22N4O. The molecule has 1 aromatic carbocycles. The molecule has 2 aliphatic rings. The lowest BCUT2D eigenvalue weighted by Crippen LogP contribution is -2.49. The molecule has 2 fully saturated rings. The number of carbonyl (C=O) groups excluding carboxylic acids is 1. The maximum Gasteiger partial charge on any atom is 0.272 e. The number of amides is 1. The minimum atomic E-state index is 0.0298. The van der Waals surface area contributed by atoms with Crippen LogP contribution in [0.1, 0.15) is 23.3 Å². The fourth-order valence-electron chi connectivity index (χ4n) is 3.04. The van der Waals surface area contributed by atoms with Crippen LogP contribution in [0.3, 0.4) is 0 Å². The lowest BCUT2D eigenvalue weighted by atomic mass is 10.2. The predicted octanol–water partition coefficient (Wildman–Crippen LogP) is 2.62. The van der Waals surface area contributed by atoms with Crippen LogP contribution in [0.4, 0.5) is 11.5 Å². The minimum absolute atomic E-state index is 0.0298. The van der Waals surface area contributed by atoms with Gasteiger partial charge in [-0.25, -0.2) is 4.98 Å². The number of para-hydroxylation sites is 1. The summed E-state index contributed by atoms with van der Waals surface area (Å²) in [5.41, 5.74) is 1.76. The lowest BCUT2D eigenvalue weighted by molar-refractivity contribution is 0.0741. The summed E-state index contributed by atoms with van der Waals surface area (Å²) in [7, 11) is 0. The highest BCUT2D eigenvalue weighted by molar-refractivity contribution is 5.92. The fourth-order valence-corrected chi connectivity index (χ4v) is 3.04. The summed E-state index contributed by atoms with van der Waals surface area (Å²) in [5, 5.41) is 3.35. The Bertz CT molecular complexity index is 706. The first-order valence-corrected chi connectivity index (χ1v) is 8.62. The zero-order chi connectivity index (χ0) is 16.4. The third-order valence-electron chi connectivity index (χ3n) is 4.59. The van der Waals surface area contributed by atoms with Gasteiger partial charge in [0.25, 0.3) is 5.91 Å². The number of piperazine rings is 1. The van der Waals surface area contributed by atoms with Crippen LogP contribution in [0.5, 0.6) is 0 Å².